The monoisotopic (exact) mass is 438 g/mol. The Balaban J connectivity index is 0.000000312. The minimum Gasteiger partial charge on any atom is -0.478 e. The molecule has 170 valence electrons. The molecule has 0 saturated carbocycles. The average Bonchev–Trinajstić information content (AvgIpc) is 3.38. The molecule has 1 aromatic heterocycles. The Morgan fingerprint density at radius 3 is 2.25 bits per heavy atom. The quantitative estimate of drug-likeness (QED) is 0.595. The van der Waals surface area contributed by atoms with Gasteiger partial charge in [0.15, 0.2) is 0 Å². The number of nitrogens with zero attached hydrogens (tertiary/aromatic N) is 1. The van der Waals surface area contributed by atoms with Crippen LogP contribution in [0.4, 0.5) is 0 Å². The van der Waals surface area contributed by atoms with Crippen molar-refractivity contribution in [2.75, 3.05) is 0 Å². The number of hydrogen-bond donors (Lipinski definition) is 3. The van der Waals surface area contributed by atoms with Crippen LogP contribution in [-0.4, -0.2) is 44.6 Å². The summed E-state index contributed by atoms with van der Waals surface area (Å²) in [6.07, 6.45) is 7.30. The molecule has 2 fully saturated rings. The zero-order valence-corrected chi connectivity index (χ0v) is 18.4. The Labute approximate surface area is 187 Å². The third-order valence-electron chi connectivity index (χ3n) is 6.35. The minimum atomic E-state index is -1.26. The molecule has 1 aromatic carbocycles. The Bertz CT molecular complexity index is 976. The van der Waals surface area contributed by atoms with E-state index in [2.05, 4.69) is 59.5 Å². The fourth-order valence-corrected chi connectivity index (χ4v) is 4.89. The number of rotatable bonds is 6. The molecule has 4 atom stereocenters. The summed E-state index contributed by atoms with van der Waals surface area (Å²) in [4.78, 5) is 31.7. The fourth-order valence-electron chi connectivity index (χ4n) is 4.89. The highest BCUT2D eigenvalue weighted by molar-refractivity contribution is 5.89. The van der Waals surface area contributed by atoms with E-state index in [9.17, 15) is 14.4 Å². The van der Waals surface area contributed by atoms with E-state index in [4.69, 9.17) is 10.2 Å². The second-order valence-corrected chi connectivity index (χ2v) is 8.37. The van der Waals surface area contributed by atoms with Crippen LogP contribution in [0.15, 0.2) is 54.7 Å². The number of carboxylic acids is 2. The molecule has 3 heterocycles. The number of carbonyl (C=O) groups excluding carboxylic acids is 1. The summed E-state index contributed by atoms with van der Waals surface area (Å²) in [6.45, 7) is 2.00. The van der Waals surface area contributed by atoms with Gasteiger partial charge in [-0.25, -0.2) is 9.59 Å². The van der Waals surface area contributed by atoms with Gasteiger partial charge in [-0.2, -0.15) is 0 Å². The highest BCUT2D eigenvalue weighted by Crippen LogP contribution is 2.43. The second kappa shape index (κ2) is 10.4. The molecule has 0 radical (unpaired) electrons. The van der Waals surface area contributed by atoms with Gasteiger partial charge in [0.25, 0.3) is 0 Å². The van der Waals surface area contributed by atoms with E-state index < -0.39 is 11.9 Å². The summed E-state index contributed by atoms with van der Waals surface area (Å²) in [5, 5.41) is 19.3. The maximum absolute atomic E-state index is 12.6. The Morgan fingerprint density at radius 2 is 1.72 bits per heavy atom. The van der Waals surface area contributed by atoms with Crippen molar-refractivity contribution >= 4 is 17.7 Å². The molecule has 7 heteroatoms. The predicted molar refractivity (Wildman–Crippen MR) is 121 cm³/mol. The smallest absolute Gasteiger partial charge is 0.328 e. The summed E-state index contributed by atoms with van der Waals surface area (Å²) < 4.78 is 2.14. The number of benzene rings is 1. The van der Waals surface area contributed by atoms with E-state index >= 15 is 0 Å². The molecule has 3 N–H and O–H groups in total. The molecule has 2 bridgehead atoms. The second-order valence-electron chi connectivity index (χ2n) is 8.37. The molecule has 0 amide bonds. The van der Waals surface area contributed by atoms with Crippen molar-refractivity contribution in [3.63, 3.8) is 0 Å². The summed E-state index contributed by atoms with van der Waals surface area (Å²) in [5.74, 6) is -1.57. The zero-order chi connectivity index (χ0) is 23.3. The fraction of sp³-hybridized carbons (Fsp3) is 0.400. The lowest BCUT2D eigenvalue weighted by molar-refractivity contribution is -0.134. The Kier molecular flexibility index (Phi) is 7.64. The number of fused-ring (bicyclic) bond motifs is 2. The van der Waals surface area contributed by atoms with Gasteiger partial charge in [0.2, 0.25) is 0 Å². The van der Waals surface area contributed by atoms with Crippen LogP contribution < -0.4 is 5.32 Å². The van der Waals surface area contributed by atoms with Gasteiger partial charge in [-0.05, 0) is 48.4 Å². The first-order valence-corrected chi connectivity index (χ1v) is 10.9. The van der Waals surface area contributed by atoms with Crippen molar-refractivity contribution in [3.05, 3.63) is 60.3 Å². The summed E-state index contributed by atoms with van der Waals surface area (Å²) in [5.41, 5.74) is 3.80. The van der Waals surface area contributed by atoms with Crippen LogP contribution in [0.2, 0.25) is 0 Å². The Hall–Kier alpha value is -3.19. The maximum Gasteiger partial charge on any atom is 0.328 e. The van der Waals surface area contributed by atoms with Crippen molar-refractivity contribution in [2.24, 2.45) is 13.0 Å². The van der Waals surface area contributed by atoms with Crippen molar-refractivity contribution in [3.8, 4) is 11.3 Å². The first-order valence-electron chi connectivity index (χ1n) is 10.9. The number of aliphatic carboxylic acids is 2. The van der Waals surface area contributed by atoms with Gasteiger partial charge in [-0.1, -0.05) is 31.2 Å². The SMILES string of the molecule is CCC(=O)[C@@H]1C2CCC(C[C@@H]1c1ccc(-c3cccn3C)cc1)N2.O=C(O)/C=C/C(=O)O. The standard InChI is InChI=1S/C21H26N2O.C4H4O4/c1-3-20(24)21-17(13-16-10-11-18(21)22-16)14-6-8-15(9-7-14)19-5-4-12-23(19)2;5-3(6)1-2-4(7)8/h4-9,12,16-18,21-22H,3,10-11,13H2,1-2H3;1-2H,(H,5,6)(H,7,8)/b;2-1+/t16?,17-,18?,21+;/m1./s1. The number of piperidine rings is 1. The van der Waals surface area contributed by atoms with Gasteiger partial charge in [-0.3, -0.25) is 4.79 Å². The third-order valence-corrected chi connectivity index (χ3v) is 6.35. The van der Waals surface area contributed by atoms with E-state index in [1.54, 1.807) is 0 Å². The van der Waals surface area contributed by atoms with Gasteiger partial charge in [-0.15, -0.1) is 0 Å². The highest BCUT2D eigenvalue weighted by Gasteiger charge is 2.44. The topological polar surface area (TPSA) is 109 Å². The first-order chi connectivity index (χ1) is 15.3. The number of carboxylic acid groups (broad SMARTS) is 2. The third kappa shape index (κ3) is 5.53. The van der Waals surface area contributed by atoms with Gasteiger partial charge in [0, 0.05) is 55.5 Å². The molecular formula is C25H30N2O5. The lowest BCUT2D eigenvalue weighted by atomic mass is 9.74. The van der Waals surface area contributed by atoms with E-state index in [0.717, 1.165) is 12.8 Å². The van der Waals surface area contributed by atoms with Crippen molar-refractivity contribution in [2.45, 2.75) is 50.6 Å². The van der Waals surface area contributed by atoms with Gasteiger partial charge < -0.3 is 20.1 Å². The summed E-state index contributed by atoms with van der Waals surface area (Å²) >= 11 is 0. The van der Waals surface area contributed by atoms with Crippen LogP contribution in [0.25, 0.3) is 11.3 Å². The van der Waals surface area contributed by atoms with E-state index in [-0.39, 0.29) is 5.92 Å². The molecular weight excluding hydrogens is 408 g/mol. The largest absolute Gasteiger partial charge is 0.478 e. The van der Waals surface area contributed by atoms with E-state index in [1.807, 2.05) is 6.92 Å². The van der Waals surface area contributed by atoms with Crippen LogP contribution in [0, 0.1) is 5.92 Å². The first kappa shape index (κ1) is 23.5. The number of aromatic nitrogens is 1. The number of hydrogen-bond acceptors (Lipinski definition) is 4. The maximum atomic E-state index is 12.6. The molecule has 2 aromatic rings. The van der Waals surface area contributed by atoms with E-state index in [1.165, 1.54) is 23.2 Å². The highest BCUT2D eigenvalue weighted by atomic mass is 16.4. The van der Waals surface area contributed by atoms with Crippen molar-refractivity contribution < 1.29 is 24.6 Å². The van der Waals surface area contributed by atoms with Crippen LogP contribution in [-0.2, 0) is 21.4 Å². The molecule has 0 spiro atoms. The molecule has 7 nitrogen and oxygen atoms in total. The van der Waals surface area contributed by atoms with Crippen molar-refractivity contribution in [1.82, 2.24) is 9.88 Å². The zero-order valence-electron chi connectivity index (χ0n) is 18.4. The minimum absolute atomic E-state index is 0.148. The molecule has 0 aliphatic carbocycles. The summed E-state index contributed by atoms with van der Waals surface area (Å²) in [6, 6.07) is 14.1. The van der Waals surface area contributed by atoms with Crippen LogP contribution in [0.5, 0.6) is 0 Å². The van der Waals surface area contributed by atoms with Crippen LogP contribution >= 0.6 is 0 Å². The molecule has 2 aliphatic rings. The molecule has 2 saturated heterocycles. The average molecular weight is 439 g/mol. The van der Waals surface area contributed by atoms with Gasteiger partial charge in [0.05, 0.1) is 0 Å². The normalized spacial score (nSPS) is 24.1. The molecule has 32 heavy (non-hydrogen) atoms. The van der Waals surface area contributed by atoms with Gasteiger partial charge >= 0.3 is 11.9 Å². The predicted octanol–water partition coefficient (Wildman–Crippen LogP) is 3.61. The van der Waals surface area contributed by atoms with Crippen molar-refractivity contribution in [1.29, 1.82) is 0 Å². The lowest BCUT2D eigenvalue weighted by Crippen LogP contribution is -2.47. The number of aryl methyl sites for hydroxylation is 1. The number of Topliss-reactive ketones (excluding diaryl/α,β-unsaturated/α-hetero) is 1. The number of nitrogens with one attached hydrogen (secondary N) is 1. The summed E-state index contributed by atoms with van der Waals surface area (Å²) in [7, 11) is 2.07. The Morgan fingerprint density at radius 1 is 1.06 bits per heavy atom. The van der Waals surface area contributed by atoms with E-state index in [0.29, 0.717) is 42.4 Å². The van der Waals surface area contributed by atoms with Crippen LogP contribution in [0.1, 0.15) is 44.1 Å². The molecule has 2 unspecified atom stereocenters. The number of ketones is 1. The lowest BCUT2D eigenvalue weighted by Gasteiger charge is -2.37. The van der Waals surface area contributed by atoms with Gasteiger partial charge in [0.1, 0.15) is 5.78 Å². The molecule has 2 aliphatic heterocycles. The number of carbonyl (C=O) groups is 3. The van der Waals surface area contributed by atoms with Crippen LogP contribution in [0.3, 0.4) is 0 Å². The molecule has 4 rings (SSSR count).